The molecule has 1 amide bonds. The molecule has 3 N–H and O–H groups in total. The van der Waals surface area contributed by atoms with Crippen LogP contribution in [-0.4, -0.2) is 26.8 Å². The number of hydrogen-bond acceptors (Lipinski definition) is 7. The van der Waals surface area contributed by atoms with Gasteiger partial charge in [-0.2, -0.15) is 0 Å². The molecule has 0 aromatic heterocycles. The maximum Gasteiger partial charge on any atom is 0.335 e. The van der Waals surface area contributed by atoms with E-state index in [2.05, 4.69) is 10.6 Å². The molecule has 0 saturated heterocycles. The zero-order valence-electron chi connectivity index (χ0n) is 16.6. The van der Waals surface area contributed by atoms with Crippen LogP contribution in [0.2, 0.25) is 0 Å². The Morgan fingerprint density at radius 2 is 1.31 bits per heavy atom. The fourth-order valence-corrected chi connectivity index (χ4v) is 2.84. The smallest absolute Gasteiger partial charge is 0.335 e. The van der Waals surface area contributed by atoms with Crippen LogP contribution >= 0.6 is 0 Å². The molecule has 0 atom stereocenters. The van der Waals surface area contributed by atoms with E-state index in [1.165, 1.54) is 24.3 Å². The van der Waals surface area contributed by atoms with E-state index >= 15 is 0 Å². The molecule has 11 heteroatoms. The first-order valence-corrected chi connectivity index (χ1v) is 9.11. The van der Waals surface area contributed by atoms with Crippen molar-refractivity contribution in [3.05, 3.63) is 97.6 Å². The highest BCUT2D eigenvalue weighted by Gasteiger charge is 2.29. The Labute approximate surface area is 180 Å². The van der Waals surface area contributed by atoms with Gasteiger partial charge in [0, 0.05) is 23.5 Å². The number of carboxylic acid groups (broad SMARTS) is 1. The molecule has 0 aliphatic heterocycles. The minimum absolute atomic E-state index is 0.000748. The van der Waals surface area contributed by atoms with Crippen molar-refractivity contribution < 1.29 is 24.5 Å². The molecule has 0 radical (unpaired) electrons. The molecule has 11 nitrogen and oxygen atoms in total. The first-order chi connectivity index (χ1) is 15.2. The van der Waals surface area contributed by atoms with Gasteiger partial charge in [-0.15, -0.1) is 0 Å². The molecule has 0 fully saturated rings. The molecule has 3 aromatic carbocycles. The summed E-state index contributed by atoms with van der Waals surface area (Å²) in [7, 11) is 0. The van der Waals surface area contributed by atoms with Crippen LogP contribution in [0.1, 0.15) is 26.3 Å². The number of aromatic carboxylic acids is 1. The Morgan fingerprint density at radius 1 is 0.812 bits per heavy atom. The van der Waals surface area contributed by atoms with E-state index in [4.69, 9.17) is 5.11 Å². The van der Waals surface area contributed by atoms with Crippen molar-refractivity contribution in [1.82, 2.24) is 0 Å². The normalized spacial score (nSPS) is 10.3. The number of hydrogen-bond donors (Lipinski definition) is 3. The number of nitro benzene ring substituents is 2. The van der Waals surface area contributed by atoms with E-state index in [0.717, 1.165) is 17.7 Å². The average molecular weight is 436 g/mol. The van der Waals surface area contributed by atoms with Crippen molar-refractivity contribution in [2.24, 2.45) is 0 Å². The molecule has 0 spiro atoms. The highest BCUT2D eigenvalue weighted by Crippen LogP contribution is 2.38. The van der Waals surface area contributed by atoms with Gasteiger partial charge in [0.05, 0.1) is 21.0 Å². The van der Waals surface area contributed by atoms with Crippen molar-refractivity contribution >= 4 is 40.3 Å². The maximum atomic E-state index is 12.6. The van der Waals surface area contributed by atoms with E-state index in [1.807, 2.05) is 6.92 Å². The largest absolute Gasteiger partial charge is 0.478 e. The Hall–Kier alpha value is -4.80. The van der Waals surface area contributed by atoms with Gasteiger partial charge in [-0.25, -0.2) is 4.79 Å². The Morgan fingerprint density at radius 3 is 1.78 bits per heavy atom. The quantitative estimate of drug-likeness (QED) is 0.359. The number of nitro groups is 2. The number of nitrogens with one attached hydrogen (secondary N) is 2. The summed E-state index contributed by atoms with van der Waals surface area (Å²) < 4.78 is 0. The van der Waals surface area contributed by atoms with Crippen LogP contribution in [-0.2, 0) is 0 Å². The van der Waals surface area contributed by atoms with Crippen LogP contribution in [0.25, 0.3) is 0 Å². The summed E-state index contributed by atoms with van der Waals surface area (Å²) in [6.45, 7) is 1.84. The summed E-state index contributed by atoms with van der Waals surface area (Å²) in [6.07, 6.45) is 0. The molecule has 0 saturated carbocycles. The zero-order valence-corrected chi connectivity index (χ0v) is 16.6. The van der Waals surface area contributed by atoms with Crippen molar-refractivity contribution in [3.8, 4) is 0 Å². The van der Waals surface area contributed by atoms with Crippen LogP contribution in [0.3, 0.4) is 0 Å². The van der Waals surface area contributed by atoms with Crippen LogP contribution in [0.15, 0.2) is 60.7 Å². The third kappa shape index (κ3) is 4.84. The summed E-state index contributed by atoms with van der Waals surface area (Å²) in [5, 5.41) is 37.3. The van der Waals surface area contributed by atoms with Gasteiger partial charge in [0.1, 0.15) is 0 Å². The highest BCUT2D eigenvalue weighted by atomic mass is 16.6. The fourth-order valence-electron chi connectivity index (χ4n) is 2.84. The minimum atomic E-state index is -1.15. The number of aryl methyl sites for hydroxylation is 1. The topological polar surface area (TPSA) is 165 Å². The van der Waals surface area contributed by atoms with Crippen LogP contribution in [0.5, 0.6) is 0 Å². The third-order valence-corrected chi connectivity index (χ3v) is 4.46. The van der Waals surface area contributed by atoms with Gasteiger partial charge in [-0.3, -0.25) is 25.0 Å². The summed E-state index contributed by atoms with van der Waals surface area (Å²) >= 11 is 0. The molecule has 32 heavy (non-hydrogen) atoms. The number of nitrogens with zero attached hydrogens (tertiary/aromatic N) is 2. The third-order valence-electron chi connectivity index (χ3n) is 4.46. The number of anilines is 3. The van der Waals surface area contributed by atoms with Gasteiger partial charge in [0.15, 0.2) is 5.69 Å². The number of carbonyl (C=O) groups is 2. The summed E-state index contributed by atoms with van der Waals surface area (Å²) in [4.78, 5) is 45.1. The fraction of sp³-hybridized carbons (Fsp3) is 0.0476. The lowest BCUT2D eigenvalue weighted by Crippen LogP contribution is -2.13. The van der Waals surface area contributed by atoms with E-state index < -0.39 is 33.1 Å². The number of amides is 1. The van der Waals surface area contributed by atoms with E-state index in [1.54, 1.807) is 24.3 Å². The van der Waals surface area contributed by atoms with Crippen molar-refractivity contribution in [3.63, 3.8) is 0 Å². The lowest BCUT2D eigenvalue weighted by molar-refractivity contribution is -0.392. The number of benzene rings is 3. The molecular formula is C21H16N4O7. The first kappa shape index (κ1) is 21.9. The van der Waals surface area contributed by atoms with Gasteiger partial charge in [0.2, 0.25) is 0 Å². The van der Waals surface area contributed by atoms with Gasteiger partial charge in [0.25, 0.3) is 5.91 Å². The zero-order chi connectivity index (χ0) is 23.4. The molecule has 0 aliphatic carbocycles. The van der Waals surface area contributed by atoms with Crippen molar-refractivity contribution in [2.75, 3.05) is 10.6 Å². The highest BCUT2D eigenvalue weighted by molar-refractivity contribution is 6.06. The van der Waals surface area contributed by atoms with Gasteiger partial charge < -0.3 is 15.7 Å². The second-order valence-corrected chi connectivity index (χ2v) is 6.73. The van der Waals surface area contributed by atoms with E-state index in [-0.39, 0.29) is 22.5 Å². The van der Waals surface area contributed by atoms with Crippen LogP contribution < -0.4 is 10.6 Å². The van der Waals surface area contributed by atoms with Crippen molar-refractivity contribution in [2.45, 2.75) is 6.92 Å². The van der Waals surface area contributed by atoms with E-state index in [0.29, 0.717) is 5.69 Å². The first-order valence-electron chi connectivity index (χ1n) is 9.11. The van der Waals surface area contributed by atoms with Gasteiger partial charge in [-0.1, -0.05) is 17.7 Å². The predicted octanol–water partition coefficient (Wildman–Crippen LogP) is 4.51. The molecule has 3 rings (SSSR count). The molecular weight excluding hydrogens is 420 g/mol. The molecule has 0 bridgehead atoms. The molecule has 0 unspecified atom stereocenters. The summed E-state index contributed by atoms with van der Waals surface area (Å²) in [5.41, 5.74) is -0.405. The Bertz CT molecular complexity index is 1190. The second-order valence-electron chi connectivity index (χ2n) is 6.73. The predicted molar refractivity (Wildman–Crippen MR) is 116 cm³/mol. The minimum Gasteiger partial charge on any atom is -0.478 e. The van der Waals surface area contributed by atoms with Gasteiger partial charge >= 0.3 is 17.3 Å². The Balaban J connectivity index is 1.98. The lowest BCUT2D eigenvalue weighted by atomic mass is 10.1. The SMILES string of the molecule is Cc1ccc(Nc2c([N+](=O)[O-])cc(C(=O)Nc3ccc(C(=O)O)cc3)cc2[N+](=O)[O-])cc1. The van der Waals surface area contributed by atoms with E-state index in [9.17, 15) is 29.8 Å². The molecule has 162 valence electrons. The number of carbonyl (C=O) groups excluding carboxylic acids is 1. The summed E-state index contributed by atoms with van der Waals surface area (Å²) in [6, 6.07) is 13.8. The number of rotatable bonds is 7. The standard InChI is InChI=1S/C21H16N4O7/c1-12-2-6-15(7-3-12)22-19-17(24(29)30)10-14(11-18(19)25(31)32)20(26)23-16-8-4-13(5-9-16)21(27)28/h2-11,22H,1H3,(H,23,26)(H,27,28). The van der Waals surface area contributed by atoms with Crippen LogP contribution in [0.4, 0.5) is 28.4 Å². The second kappa shape index (κ2) is 8.92. The summed E-state index contributed by atoms with van der Waals surface area (Å²) in [5.74, 6) is -1.98. The number of carboxylic acids is 1. The molecule has 0 aliphatic rings. The Kier molecular flexibility index (Phi) is 6.10. The average Bonchev–Trinajstić information content (AvgIpc) is 2.75. The van der Waals surface area contributed by atoms with Gasteiger partial charge in [-0.05, 0) is 43.3 Å². The monoisotopic (exact) mass is 436 g/mol. The lowest BCUT2D eigenvalue weighted by Gasteiger charge is -2.11. The van der Waals surface area contributed by atoms with Crippen LogP contribution in [0, 0.1) is 27.2 Å². The van der Waals surface area contributed by atoms with Crippen molar-refractivity contribution in [1.29, 1.82) is 0 Å². The molecule has 3 aromatic rings. The molecule has 0 heterocycles. The maximum absolute atomic E-state index is 12.6.